The van der Waals surface area contributed by atoms with Gasteiger partial charge in [-0.1, -0.05) is 24.0 Å². The highest BCUT2D eigenvalue weighted by Gasteiger charge is 2.38. The second-order valence-corrected chi connectivity index (χ2v) is 7.82. The van der Waals surface area contributed by atoms with Crippen molar-refractivity contribution < 1.29 is 22.8 Å². The van der Waals surface area contributed by atoms with Crippen LogP contribution in [0.15, 0.2) is 60.9 Å². The van der Waals surface area contributed by atoms with Crippen LogP contribution >= 0.6 is 0 Å². The highest BCUT2D eigenvalue weighted by molar-refractivity contribution is 6.08. The van der Waals surface area contributed by atoms with Gasteiger partial charge in [0.15, 0.2) is 0 Å². The van der Waals surface area contributed by atoms with Crippen LogP contribution in [0.3, 0.4) is 0 Å². The minimum Gasteiger partial charge on any atom is -0.320 e. The molecule has 1 saturated heterocycles. The Bertz CT molecular complexity index is 1310. The molecule has 3 aromatic rings. The molecule has 0 unspecified atom stereocenters. The fraction of sp³-hybridized carbons (Fsp3) is 0.192. The van der Waals surface area contributed by atoms with E-state index in [0.29, 0.717) is 17.5 Å². The lowest BCUT2D eigenvalue weighted by atomic mass is 10.0. The maximum absolute atomic E-state index is 13.7. The number of hydrogen-bond donors (Lipinski definition) is 1. The number of alkyl halides is 3. The summed E-state index contributed by atoms with van der Waals surface area (Å²) in [4.78, 5) is 30.4. The van der Waals surface area contributed by atoms with Crippen LogP contribution in [0, 0.1) is 18.8 Å². The van der Waals surface area contributed by atoms with Gasteiger partial charge in [-0.2, -0.15) is 13.2 Å². The zero-order valence-electron chi connectivity index (χ0n) is 18.2. The van der Waals surface area contributed by atoms with Gasteiger partial charge in [-0.3, -0.25) is 14.6 Å². The number of aromatic nitrogens is 1. The number of amides is 2. The van der Waals surface area contributed by atoms with Crippen molar-refractivity contribution in [2.45, 2.75) is 25.9 Å². The summed E-state index contributed by atoms with van der Waals surface area (Å²) in [5, 5.41) is 2.57. The van der Waals surface area contributed by atoms with E-state index < -0.39 is 23.6 Å². The fourth-order valence-electron chi connectivity index (χ4n) is 3.72. The Balaban J connectivity index is 1.67. The summed E-state index contributed by atoms with van der Waals surface area (Å²) in [5.74, 6) is 4.98. The molecule has 2 aromatic carbocycles. The molecule has 0 radical (unpaired) electrons. The number of nitrogens with one attached hydrogen (secondary N) is 1. The second kappa shape index (κ2) is 9.40. The third kappa shape index (κ3) is 4.94. The number of aryl methyl sites for hydroxylation is 1. The molecule has 0 atom stereocenters. The van der Waals surface area contributed by atoms with Crippen LogP contribution in [0.1, 0.15) is 45.5 Å². The highest BCUT2D eigenvalue weighted by Crippen LogP contribution is 2.42. The Morgan fingerprint density at radius 3 is 2.62 bits per heavy atom. The van der Waals surface area contributed by atoms with Gasteiger partial charge in [0.05, 0.1) is 16.9 Å². The molecule has 0 saturated carbocycles. The number of para-hydroxylation sites is 1. The van der Waals surface area contributed by atoms with Crippen LogP contribution < -0.4 is 10.2 Å². The zero-order chi connectivity index (χ0) is 24.3. The zero-order valence-corrected chi connectivity index (χ0v) is 18.2. The Morgan fingerprint density at radius 1 is 1.12 bits per heavy atom. The predicted octanol–water partition coefficient (Wildman–Crippen LogP) is 5.19. The molecule has 0 aliphatic carbocycles. The average molecular weight is 463 g/mol. The second-order valence-electron chi connectivity index (χ2n) is 7.82. The summed E-state index contributed by atoms with van der Waals surface area (Å²) in [6.45, 7) is 2.01. The van der Waals surface area contributed by atoms with E-state index >= 15 is 0 Å². The molecule has 1 fully saturated rings. The molecule has 4 rings (SSSR count). The molecule has 34 heavy (non-hydrogen) atoms. The van der Waals surface area contributed by atoms with E-state index in [2.05, 4.69) is 22.1 Å². The van der Waals surface area contributed by atoms with E-state index in [4.69, 9.17) is 0 Å². The first-order valence-electron chi connectivity index (χ1n) is 10.6. The van der Waals surface area contributed by atoms with Crippen molar-refractivity contribution in [1.82, 2.24) is 4.98 Å². The number of carbonyl (C=O) groups is 2. The monoisotopic (exact) mass is 463 g/mol. The van der Waals surface area contributed by atoms with Gasteiger partial charge in [0, 0.05) is 42.0 Å². The van der Waals surface area contributed by atoms with E-state index in [1.165, 1.54) is 12.1 Å². The number of benzene rings is 2. The van der Waals surface area contributed by atoms with Gasteiger partial charge in [-0.25, -0.2) is 0 Å². The van der Waals surface area contributed by atoms with Gasteiger partial charge >= 0.3 is 6.18 Å². The molecule has 1 aliphatic rings. The molecule has 2 amide bonds. The van der Waals surface area contributed by atoms with E-state index in [-0.39, 0.29) is 29.9 Å². The van der Waals surface area contributed by atoms with E-state index in [1.807, 2.05) is 6.92 Å². The van der Waals surface area contributed by atoms with Crippen LogP contribution in [-0.2, 0) is 11.0 Å². The topological polar surface area (TPSA) is 62.3 Å². The molecule has 5 nitrogen and oxygen atoms in total. The summed E-state index contributed by atoms with van der Waals surface area (Å²) < 4.78 is 41.2. The summed E-state index contributed by atoms with van der Waals surface area (Å²) in [5.41, 5.74) is 1.03. The van der Waals surface area contributed by atoms with Crippen LogP contribution in [-0.4, -0.2) is 23.3 Å². The number of nitrogens with zero attached hydrogens (tertiary/aromatic N) is 2. The maximum Gasteiger partial charge on any atom is 0.418 e. The Kier molecular flexibility index (Phi) is 6.37. The molecule has 2 heterocycles. The van der Waals surface area contributed by atoms with Crippen molar-refractivity contribution in [2.75, 3.05) is 16.8 Å². The van der Waals surface area contributed by atoms with E-state index in [9.17, 15) is 22.8 Å². The van der Waals surface area contributed by atoms with Crippen molar-refractivity contribution >= 4 is 23.2 Å². The number of carbonyl (C=O) groups excluding carboxylic acids is 2. The first kappa shape index (κ1) is 23.1. The largest absolute Gasteiger partial charge is 0.418 e. The van der Waals surface area contributed by atoms with Crippen LogP contribution in [0.2, 0.25) is 0 Å². The third-order valence-electron chi connectivity index (χ3n) is 5.44. The van der Waals surface area contributed by atoms with Gasteiger partial charge in [-0.05, 0) is 55.3 Å². The van der Waals surface area contributed by atoms with E-state index in [1.54, 1.807) is 42.7 Å². The fourth-order valence-corrected chi connectivity index (χ4v) is 3.72. The first-order chi connectivity index (χ1) is 16.2. The molecule has 1 N–H and O–H groups in total. The minimum atomic E-state index is -4.68. The lowest BCUT2D eigenvalue weighted by Crippen LogP contribution is -2.28. The molecule has 1 aliphatic heterocycles. The third-order valence-corrected chi connectivity index (χ3v) is 5.44. The van der Waals surface area contributed by atoms with Crippen molar-refractivity contribution in [1.29, 1.82) is 0 Å². The number of rotatable bonds is 3. The maximum atomic E-state index is 13.7. The number of hydrogen-bond acceptors (Lipinski definition) is 3. The lowest BCUT2D eigenvalue weighted by Gasteiger charge is -2.24. The van der Waals surface area contributed by atoms with Crippen molar-refractivity contribution in [3.63, 3.8) is 0 Å². The quantitative estimate of drug-likeness (QED) is 0.544. The number of pyridine rings is 1. The lowest BCUT2D eigenvalue weighted by molar-refractivity contribution is -0.137. The SMILES string of the molecule is Cc1ccc(C(=O)Nc2cccc(C(F)(F)F)c2N2CCCC2=O)cc1C#Cc1cccnc1. The molecular formula is C26H20F3N3O2. The number of halogens is 3. The molecule has 0 bridgehead atoms. The molecule has 8 heteroatoms. The summed E-state index contributed by atoms with van der Waals surface area (Å²) >= 11 is 0. The molecular weight excluding hydrogens is 443 g/mol. The van der Waals surface area contributed by atoms with E-state index in [0.717, 1.165) is 16.5 Å². The summed E-state index contributed by atoms with van der Waals surface area (Å²) in [6.07, 6.45) is -0.809. The van der Waals surface area contributed by atoms with Crippen molar-refractivity contribution in [2.24, 2.45) is 0 Å². The van der Waals surface area contributed by atoms with Crippen LogP contribution in [0.4, 0.5) is 24.5 Å². The van der Waals surface area contributed by atoms with Gasteiger partial charge in [0.25, 0.3) is 5.91 Å². The Labute approximate surface area is 194 Å². The summed E-state index contributed by atoms with van der Waals surface area (Å²) in [7, 11) is 0. The molecule has 172 valence electrons. The standard InChI is InChI=1S/C26H20F3N3O2/c1-17-9-11-20(15-19(17)12-10-18-5-3-13-30-16-18)25(34)31-22-7-2-6-21(26(27,28)29)24(22)32-14-4-8-23(32)33/h2-3,5-7,9,11,13,15-16H,4,8,14H2,1H3,(H,31,34). The van der Waals surface area contributed by atoms with Crippen LogP contribution in [0.25, 0.3) is 0 Å². The average Bonchev–Trinajstić information content (AvgIpc) is 3.24. The minimum absolute atomic E-state index is 0.0707. The van der Waals surface area contributed by atoms with Gasteiger partial charge < -0.3 is 10.2 Å². The van der Waals surface area contributed by atoms with Crippen molar-refractivity contribution in [3.05, 3.63) is 88.7 Å². The first-order valence-corrected chi connectivity index (χ1v) is 10.6. The Hall–Kier alpha value is -4.12. The predicted molar refractivity (Wildman–Crippen MR) is 122 cm³/mol. The van der Waals surface area contributed by atoms with Crippen LogP contribution in [0.5, 0.6) is 0 Å². The highest BCUT2D eigenvalue weighted by atomic mass is 19.4. The normalized spacial score (nSPS) is 13.4. The smallest absolute Gasteiger partial charge is 0.320 e. The van der Waals surface area contributed by atoms with Crippen molar-refractivity contribution in [3.8, 4) is 11.8 Å². The van der Waals surface area contributed by atoms with Gasteiger partial charge in [-0.15, -0.1) is 0 Å². The summed E-state index contributed by atoms with van der Waals surface area (Å²) in [6, 6.07) is 11.9. The number of anilines is 2. The molecule has 0 spiro atoms. The Morgan fingerprint density at radius 2 is 1.94 bits per heavy atom. The van der Waals surface area contributed by atoms with Gasteiger partial charge in [0.2, 0.25) is 5.91 Å². The van der Waals surface area contributed by atoms with Gasteiger partial charge in [0.1, 0.15) is 0 Å². The molecule has 1 aromatic heterocycles.